The van der Waals surface area contributed by atoms with Crippen LogP contribution in [0.5, 0.6) is 0 Å². The largest absolute Gasteiger partial charge is 0.321 e. The van der Waals surface area contributed by atoms with Crippen LogP contribution in [0.15, 0.2) is 102 Å². The lowest BCUT2D eigenvalue weighted by Crippen LogP contribution is -2.50. The van der Waals surface area contributed by atoms with Crippen LogP contribution < -0.4 is 15.5 Å². The molecule has 40 heavy (non-hydrogen) atoms. The van der Waals surface area contributed by atoms with Crippen LogP contribution in [0, 0.1) is 18.6 Å². The number of hydrogen-bond donors (Lipinski definition) is 2. The number of halogens is 2. The molecule has 1 atom stereocenters. The van der Waals surface area contributed by atoms with Crippen LogP contribution in [-0.2, 0) is 4.79 Å². The summed E-state index contributed by atoms with van der Waals surface area (Å²) in [5.74, 6) is -2.95. The Bertz CT molecular complexity index is 1620. The molecule has 1 aliphatic heterocycles. The molecule has 5 rings (SSSR count). The molecule has 0 saturated carbocycles. The van der Waals surface area contributed by atoms with Gasteiger partial charge in [-0.25, -0.2) is 18.6 Å². The molecule has 3 amide bonds. The molecule has 0 radical (unpaired) electrons. The summed E-state index contributed by atoms with van der Waals surface area (Å²) in [6, 6.07) is 25.2. The Balaban J connectivity index is 1.55. The van der Waals surface area contributed by atoms with Crippen LogP contribution in [0.4, 0.5) is 25.0 Å². The van der Waals surface area contributed by atoms with Gasteiger partial charge in [0.05, 0.1) is 17.9 Å². The molecule has 4 aromatic carbocycles. The van der Waals surface area contributed by atoms with E-state index in [0.717, 1.165) is 17.7 Å². The number of carbonyl (C=O) groups is 3. The maximum Gasteiger partial charge on any atom is 0.321 e. The predicted molar refractivity (Wildman–Crippen MR) is 149 cm³/mol. The highest BCUT2D eigenvalue weighted by molar-refractivity contribution is 6.21. The van der Waals surface area contributed by atoms with Crippen molar-refractivity contribution in [2.75, 3.05) is 16.8 Å². The fourth-order valence-corrected chi connectivity index (χ4v) is 4.52. The van der Waals surface area contributed by atoms with Crippen molar-refractivity contribution in [3.63, 3.8) is 0 Å². The molecule has 0 aromatic heterocycles. The van der Waals surface area contributed by atoms with Crippen LogP contribution in [0.2, 0.25) is 0 Å². The lowest BCUT2D eigenvalue weighted by atomic mass is 9.99. The number of nitrogens with zero attached hydrogens (tertiary/aromatic N) is 2. The number of benzene rings is 4. The number of fused-ring (bicyclic) bond motifs is 1. The number of rotatable bonds is 6. The van der Waals surface area contributed by atoms with Gasteiger partial charge in [-0.2, -0.15) is 0 Å². The Labute approximate surface area is 229 Å². The average molecular weight is 539 g/mol. The second-order valence-electron chi connectivity index (χ2n) is 9.12. The predicted octanol–water partition coefficient (Wildman–Crippen LogP) is 5.49. The van der Waals surface area contributed by atoms with Gasteiger partial charge in [0.25, 0.3) is 5.91 Å². The average Bonchev–Trinajstić information content (AvgIpc) is 3.06. The summed E-state index contributed by atoms with van der Waals surface area (Å²) in [6.07, 6.45) is -1.51. The summed E-state index contributed by atoms with van der Waals surface area (Å²) >= 11 is 0. The first-order valence-electron chi connectivity index (χ1n) is 12.5. The Morgan fingerprint density at radius 3 is 2.23 bits per heavy atom. The van der Waals surface area contributed by atoms with Crippen molar-refractivity contribution < 1.29 is 23.2 Å². The van der Waals surface area contributed by atoms with Crippen molar-refractivity contribution >= 4 is 34.8 Å². The van der Waals surface area contributed by atoms with E-state index in [-0.39, 0.29) is 12.3 Å². The maximum absolute atomic E-state index is 14.2. The Morgan fingerprint density at radius 2 is 1.50 bits per heavy atom. The normalized spacial score (nSPS) is 14.6. The fraction of sp³-hybridized carbons (Fsp3) is 0.0968. The summed E-state index contributed by atoms with van der Waals surface area (Å²) in [4.78, 5) is 46.1. The third-order valence-corrected chi connectivity index (χ3v) is 6.47. The van der Waals surface area contributed by atoms with E-state index in [4.69, 9.17) is 0 Å². The van der Waals surface area contributed by atoms with E-state index in [1.807, 2.05) is 24.3 Å². The minimum atomic E-state index is -1.51. The molecule has 4 aromatic rings. The number of aliphatic imine (C=N–C) groups is 1. The zero-order chi connectivity index (χ0) is 28.2. The standard InChI is InChI=1S/C31H24F2N4O3/c1-19-10-5-6-13-21(19)26(38)18-37-25-17-8-7-14-22(25)27(20-11-3-2-4-12-20)34-29(30(37)39)36-31(40)35-28-23(32)15-9-16-24(28)33/h2-17,29H,18H2,1H3,(H2,35,36,40). The van der Waals surface area contributed by atoms with E-state index >= 15 is 0 Å². The summed E-state index contributed by atoms with van der Waals surface area (Å²) in [6.45, 7) is 1.48. The van der Waals surface area contributed by atoms with E-state index in [2.05, 4.69) is 15.6 Å². The molecule has 9 heteroatoms. The Hall–Kier alpha value is -5.18. The zero-order valence-electron chi connectivity index (χ0n) is 21.4. The van der Waals surface area contributed by atoms with E-state index in [9.17, 15) is 23.2 Å². The third-order valence-electron chi connectivity index (χ3n) is 6.47. The van der Waals surface area contributed by atoms with Gasteiger partial charge in [-0.1, -0.05) is 78.9 Å². The number of anilines is 2. The van der Waals surface area contributed by atoms with Crippen molar-refractivity contribution in [1.82, 2.24) is 5.32 Å². The van der Waals surface area contributed by atoms with Crippen LogP contribution in [0.1, 0.15) is 27.0 Å². The molecule has 1 unspecified atom stereocenters. The SMILES string of the molecule is Cc1ccccc1C(=O)CN1C(=O)C(NC(=O)Nc2c(F)cccc2F)N=C(c2ccccc2)c2ccccc21. The minimum absolute atomic E-state index is 0.305. The molecular weight excluding hydrogens is 514 g/mol. The highest BCUT2D eigenvalue weighted by Crippen LogP contribution is 2.29. The lowest BCUT2D eigenvalue weighted by Gasteiger charge is -2.25. The first-order chi connectivity index (χ1) is 19.3. The number of hydrogen-bond acceptors (Lipinski definition) is 4. The Kier molecular flexibility index (Phi) is 7.46. The van der Waals surface area contributed by atoms with Crippen molar-refractivity contribution in [2.24, 2.45) is 4.99 Å². The molecule has 0 fully saturated rings. The summed E-state index contributed by atoms with van der Waals surface area (Å²) in [7, 11) is 0. The van der Waals surface area contributed by atoms with Gasteiger partial charge in [0, 0.05) is 16.7 Å². The van der Waals surface area contributed by atoms with E-state index in [1.54, 1.807) is 61.5 Å². The van der Waals surface area contributed by atoms with Crippen LogP contribution in [0.25, 0.3) is 0 Å². The van der Waals surface area contributed by atoms with Crippen LogP contribution in [-0.4, -0.2) is 36.1 Å². The monoisotopic (exact) mass is 538 g/mol. The number of aryl methyl sites for hydroxylation is 1. The molecule has 0 aliphatic carbocycles. The minimum Gasteiger partial charge on any atom is -0.308 e. The molecule has 200 valence electrons. The number of carbonyl (C=O) groups excluding carboxylic acids is 3. The number of amides is 3. The molecule has 0 bridgehead atoms. The van der Waals surface area contributed by atoms with Gasteiger partial charge in [-0.05, 0) is 30.7 Å². The van der Waals surface area contributed by atoms with Gasteiger partial charge in [0.15, 0.2) is 5.78 Å². The number of Topliss-reactive ketones (excluding diaryl/α,β-unsaturated/α-hetero) is 1. The second kappa shape index (κ2) is 11.3. The molecule has 7 nitrogen and oxygen atoms in total. The maximum atomic E-state index is 14.2. The van der Waals surface area contributed by atoms with Gasteiger partial charge in [-0.15, -0.1) is 0 Å². The lowest BCUT2D eigenvalue weighted by molar-refractivity contribution is -0.120. The fourth-order valence-electron chi connectivity index (χ4n) is 4.52. The summed E-state index contributed by atoms with van der Waals surface area (Å²) in [5, 5.41) is 4.55. The quantitative estimate of drug-likeness (QED) is 0.318. The van der Waals surface area contributed by atoms with E-state index in [1.165, 1.54) is 11.0 Å². The third kappa shape index (κ3) is 5.35. The van der Waals surface area contributed by atoms with Gasteiger partial charge < -0.3 is 15.5 Å². The van der Waals surface area contributed by atoms with Crippen molar-refractivity contribution in [3.8, 4) is 0 Å². The number of benzodiazepines with no additional fused rings is 1. The first-order valence-corrected chi connectivity index (χ1v) is 12.5. The van der Waals surface area contributed by atoms with Gasteiger partial charge in [0.2, 0.25) is 6.17 Å². The van der Waals surface area contributed by atoms with Gasteiger partial charge in [-0.3, -0.25) is 9.59 Å². The zero-order valence-corrected chi connectivity index (χ0v) is 21.4. The highest BCUT2D eigenvalue weighted by atomic mass is 19.1. The molecule has 2 N–H and O–H groups in total. The van der Waals surface area contributed by atoms with E-state index < -0.39 is 35.4 Å². The van der Waals surface area contributed by atoms with Crippen LogP contribution >= 0.6 is 0 Å². The molecule has 1 heterocycles. The van der Waals surface area contributed by atoms with Crippen molar-refractivity contribution in [3.05, 3.63) is 131 Å². The molecular formula is C31H24F2N4O3. The number of nitrogens with one attached hydrogen (secondary N) is 2. The number of urea groups is 1. The van der Waals surface area contributed by atoms with Gasteiger partial charge >= 0.3 is 6.03 Å². The molecule has 0 spiro atoms. The van der Waals surface area contributed by atoms with Crippen LogP contribution in [0.3, 0.4) is 0 Å². The van der Waals surface area contributed by atoms with Crippen molar-refractivity contribution in [1.29, 1.82) is 0 Å². The van der Waals surface area contributed by atoms with E-state index in [0.29, 0.717) is 28.1 Å². The topological polar surface area (TPSA) is 90.9 Å². The van der Waals surface area contributed by atoms with Gasteiger partial charge in [0.1, 0.15) is 17.3 Å². The van der Waals surface area contributed by atoms with Crippen molar-refractivity contribution in [2.45, 2.75) is 13.1 Å². The molecule has 1 aliphatic rings. The first kappa shape index (κ1) is 26.4. The summed E-state index contributed by atoms with van der Waals surface area (Å²) in [5.41, 5.74) is 2.62. The molecule has 0 saturated heterocycles. The highest BCUT2D eigenvalue weighted by Gasteiger charge is 2.34. The summed E-state index contributed by atoms with van der Waals surface area (Å²) < 4.78 is 28.3. The number of ketones is 1. The second-order valence-corrected chi connectivity index (χ2v) is 9.12. The Morgan fingerprint density at radius 1 is 0.850 bits per heavy atom. The number of para-hydroxylation sites is 2. The smallest absolute Gasteiger partial charge is 0.308 e.